The van der Waals surface area contributed by atoms with Crippen LogP contribution in [0, 0.1) is 66.7 Å². The lowest BCUT2D eigenvalue weighted by Gasteiger charge is -2.20. The van der Waals surface area contributed by atoms with Crippen molar-refractivity contribution >= 4 is 43.6 Å². The third-order valence-electron chi connectivity index (χ3n) is 15.9. The molecule has 0 radical (unpaired) electrons. The van der Waals surface area contributed by atoms with Crippen LogP contribution in [-0.2, 0) is 0 Å². The molecule has 0 saturated heterocycles. The number of hydrogen-bond donors (Lipinski definition) is 0. The fourth-order valence-electron chi connectivity index (χ4n) is 12.1. The topological polar surface area (TPSA) is 227 Å². The molecule has 0 saturated carbocycles. The Morgan fingerprint density at radius 1 is 0.256 bits per heavy atom. The minimum Gasteiger partial charge on any atom is -0.309 e. The van der Waals surface area contributed by atoms with Crippen LogP contribution in [0.2, 0.25) is 0 Å². The number of benzene rings is 8. The number of aromatic nitrogens is 17. The third kappa shape index (κ3) is 9.85. The van der Waals surface area contributed by atoms with Gasteiger partial charge in [-0.15, -0.1) is 0 Å². The molecule has 18 nitrogen and oxygen atoms in total. The number of aryl methyl sites for hydroxylation is 8. The van der Waals surface area contributed by atoms with Gasteiger partial charge in [0, 0.05) is 71.6 Å². The zero-order valence-corrected chi connectivity index (χ0v) is 50.2. The van der Waals surface area contributed by atoms with Gasteiger partial charge in [-0.25, -0.2) is 74.8 Å². The zero-order chi connectivity index (χ0) is 61.5. The van der Waals surface area contributed by atoms with E-state index in [2.05, 4.69) is 126 Å². The molecule has 15 rings (SSSR count). The number of nitrogens with zero attached hydrogens (tertiary/aromatic N) is 18. The molecule has 8 aromatic carbocycles. The van der Waals surface area contributed by atoms with E-state index in [0.29, 0.717) is 92.9 Å². The van der Waals surface area contributed by atoms with Gasteiger partial charge in [0.2, 0.25) is 0 Å². The highest BCUT2D eigenvalue weighted by Crippen LogP contribution is 2.45. The summed E-state index contributed by atoms with van der Waals surface area (Å²) in [7, 11) is 0. The van der Waals surface area contributed by atoms with Gasteiger partial charge in [0.1, 0.15) is 46.6 Å². The molecule has 0 atom stereocenters. The van der Waals surface area contributed by atoms with E-state index < -0.39 is 0 Å². The van der Waals surface area contributed by atoms with Crippen LogP contribution < -0.4 is 0 Å². The van der Waals surface area contributed by atoms with E-state index in [1.54, 1.807) is 0 Å². The molecule has 18 heteroatoms. The normalized spacial score (nSPS) is 11.5. The van der Waals surface area contributed by atoms with E-state index in [1.807, 2.05) is 134 Å². The minimum atomic E-state index is 0.467. The molecule has 0 N–H and O–H groups in total. The van der Waals surface area contributed by atoms with Crippen molar-refractivity contribution in [2.45, 2.75) is 55.4 Å². The van der Waals surface area contributed by atoms with Crippen LogP contribution in [0.25, 0.3) is 146 Å². The summed E-state index contributed by atoms with van der Waals surface area (Å²) in [5.74, 6) is 8.75. The van der Waals surface area contributed by atoms with Gasteiger partial charge in [-0.2, -0.15) is 5.26 Å². The van der Waals surface area contributed by atoms with E-state index in [4.69, 9.17) is 54.8 Å². The van der Waals surface area contributed by atoms with Crippen LogP contribution in [-0.4, -0.2) is 83.9 Å². The Bertz CT molecular complexity index is 5140. The van der Waals surface area contributed by atoms with E-state index in [-0.39, 0.29) is 0 Å². The smallest absolute Gasteiger partial charge is 0.164 e. The molecule has 0 spiro atoms. The molecule has 0 aliphatic rings. The zero-order valence-electron chi connectivity index (χ0n) is 50.2. The van der Waals surface area contributed by atoms with Gasteiger partial charge in [-0.3, -0.25) is 0 Å². The number of fused-ring (bicyclic) bond motifs is 6. The van der Waals surface area contributed by atoms with Crippen molar-refractivity contribution < 1.29 is 0 Å². The molecule has 430 valence electrons. The van der Waals surface area contributed by atoms with Crippen molar-refractivity contribution in [1.29, 1.82) is 5.26 Å². The van der Waals surface area contributed by atoms with Crippen molar-refractivity contribution in [3.05, 3.63) is 222 Å². The van der Waals surface area contributed by atoms with Crippen LogP contribution in [0.1, 0.15) is 52.2 Å². The molecule has 0 aliphatic carbocycles. The maximum Gasteiger partial charge on any atom is 0.164 e. The first-order valence-electron chi connectivity index (χ1n) is 29.3. The predicted octanol–water partition coefficient (Wildman–Crippen LogP) is 14.5. The standard InChI is InChI=1S/C72H52N18/c1-38-74-39(2)79-68(78-38)49-21-27-61-56(32-49)57-33-50(69-80-40(3)75-41(4)81-69)22-28-62(57)89(61)60-26-19-46(37-73)31-55(60)54-25-20-53(72-87-66(47-15-11-9-12-16-47)86-67(88-72)48-17-13-10-14-18-48)36-65(54)90-63-29-23-51(70-82-42(5)76-43(6)83-70)34-58(63)59-35-52(24-30-64(59)90)71-84-44(7)77-45(8)85-71/h9-36H,1-8H3. The molecular weight excluding hydrogens is 1120 g/mol. The maximum absolute atomic E-state index is 11.0. The monoisotopic (exact) mass is 1170 g/mol. The van der Waals surface area contributed by atoms with Gasteiger partial charge in [-0.05, 0) is 152 Å². The van der Waals surface area contributed by atoms with Crippen molar-refractivity contribution in [1.82, 2.24) is 83.9 Å². The van der Waals surface area contributed by atoms with Crippen molar-refractivity contribution in [3.63, 3.8) is 0 Å². The van der Waals surface area contributed by atoms with Crippen LogP contribution >= 0.6 is 0 Å². The number of nitriles is 1. The summed E-state index contributed by atoms with van der Waals surface area (Å²) in [5, 5.41) is 14.7. The lowest BCUT2D eigenvalue weighted by molar-refractivity contribution is 0.928. The van der Waals surface area contributed by atoms with Crippen molar-refractivity contribution in [2.75, 3.05) is 0 Å². The molecule has 7 heterocycles. The highest BCUT2D eigenvalue weighted by atomic mass is 15.1. The van der Waals surface area contributed by atoms with Gasteiger partial charge >= 0.3 is 0 Å². The highest BCUT2D eigenvalue weighted by molar-refractivity contribution is 6.14. The Labute approximate surface area is 516 Å². The van der Waals surface area contributed by atoms with Gasteiger partial charge in [0.25, 0.3) is 0 Å². The van der Waals surface area contributed by atoms with Crippen molar-refractivity contribution in [3.8, 4) is 108 Å². The second kappa shape index (κ2) is 21.7. The quantitative estimate of drug-likeness (QED) is 0.124. The van der Waals surface area contributed by atoms with Gasteiger partial charge in [0.15, 0.2) is 40.8 Å². The second-order valence-electron chi connectivity index (χ2n) is 22.2. The molecule has 0 amide bonds. The molecule has 0 unspecified atom stereocenters. The average molecular weight is 1170 g/mol. The van der Waals surface area contributed by atoms with E-state index >= 15 is 0 Å². The van der Waals surface area contributed by atoms with Crippen LogP contribution in [0.4, 0.5) is 0 Å². The lowest BCUT2D eigenvalue weighted by atomic mass is 9.96. The van der Waals surface area contributed by atoms with Gasteiger partial charge < -0.3 is 9.13 Å². The molecule has 0 bridgehead atoms. The molecular formula is C72H52N18. The Hall–Kier alpha value is -12.1. The Balaban J connectivity index is 1.04. The molecule has 0 aliphatic heterocycles. The first-order chi connectivity index (χ1) is 43.7. The number of hydrogen-bond acceptors (Lipinski definition) is 16. The van der Waals surface area contributed by atoms with E-state index in [1.165, 1.54) is 0 Å². The largest absolute Gasteiger partial charge is 0.309 e. The van der Waals surface area contributed by atoms with E-state index in [9.17, 15) is 5.26 Å². The maximum atomic E-state index is 11.0. The van der Waals surface area contributed by atoms with Crippen LogP contribution in [0.5, 0.6) is 0 Å². The molecule has 15 aromatic rings. The molecule has 90 heavy (non-hydrogen) atoms. The van der Waals surface area contributed by atoms with Gasteiger partial charge in [-0.1, -0.05) is 72.8 Å². The Morgan fingerprint density at radius 3 is 0.900 bits per heavy atom. The highest BCUT2D eigenvalue weighted by Gasteiger charge is 2.25. The summed E-state index contributed by atoms with van der Waals surface area (Å²) >= 11 is 0. The lowest BCUT2D eigenvalue weighted by Crippen LogP contribution is -2.04. The van der Waals surface area contributed by atoms with Crippen LogP contribution in [0.3, 0.4) is 0 Å². The minimum absolute atomic E-state index is 0.467. The molecule has 7 aromatic heterocycles. The average Bonchev–Trinajstić information content (AvgIpc) is 1.56. The summed E-state index contributed by atoms with van der Waals surface area (Å²) in [4.78, 5) is 72.1. The first kappa shape index (κ1) is 54.5. The molecule has 0 fully saturated rings. The first-order valence-corrected chi connectivity index (χ1v) is 29.3. The third-order valence-corrected chi connectivity index (χ3v) is 15.9. The van der Waals surface area contributed by atoms with Crippen molar-refractivity contribution in [2.24, 2.45) is 0 Å². The Morgan fingerprint density at radius 2 is 0.556 bits per heavy atom. The summed E-state index contributed by atoms with van der Waals surface area (Å²) < 4.78 is 4.55. The fourth-order valence-corrected chi connectivity index (χ4v) is 12.1. The summed E-state index contributed by atoms with van der Waals surface area (Å²) in [6.07, 6.45) is 0. The Kier molecular flexibility index (Phi) is 13.1. The summed E-state index contributed by atoms with van der Waals surface area (Å²) in [5.41, 5.74) is 12.9. The van der Waals surface area contributed by atoms with Gasteiger partial charge in [0.05, 0.1) is 45.1 Å². The predicted molar refractivity (Wildman–Crippen MR) is 348 cm³/mol. The van der Waals surface area contributed by atoms with E-state index in [0.717, 1.165) is 105 Å². The SMILES string of the molecule is Cc1nc(C)nc(-c2ccc3c(c2)c2cc(-c4nc(C)nc(C)n4)ccc2n3-c2ccc(C#N)cc2-c2ccc(-c3nc(-c4ccccc4)nc(-c4ccccc4)n3)cc2-n2c3ccc(-c4nc(C)nc(C)n4)cc3c3cc(-c4nc(C)nc(C)n4)ccc32)n1. The van der Waals surface area contributed by atoms with Crippen LogP contribution in [0.15, 0.2) is 170 Å². The second-order valence-corrected chi connectivity index (χ2v) is 22.2. The number of rotatable bonds is 10. The summed E-state index contributed by atoms with van der Waals surface area (Å²) in [6.45, 7) is 15.0. The summed E-state index contributed by atoms with van der Waals surface area (Å²) in [6, 6.07) is 59.9. The fraction of sp³-hybridized carbons (Fsp3) is 0.111.